The molecule has 0 aliphatic heterocycles. The van der Waals surface area contributed by atoms with Gasteiger partial charge in [-0.05, 0) is 43.2 Å². The number of nitro groups is 1. The number of carbonyl (C=O) groups is 1. The second-order valence-electron chi connectivity index (χ2n) is 5.00. The number of hydrogen-bond donors (Lipinski definition) is 1. The number of nitrogens with zero attached hydrogens (tertiary/aromatic N) is 1. The summed E-state index contributed by atoms with van der Waals surface area (Å²) in [5.74, 6) is 0.156. The fourth-order valence-corrected chi connectivity index (χ4v) is 2.19. The highest BCUT2D eigenvalue weighted by Crippen LogP contribution is 2.23. The SMILES string of the molecule is Cc1ccc([N+](=O)[O-])cc1NC(=O)COc1ccc(Cl)cc1C. The van der Waals surface area contributed by atoms with Crippen molar-refractivity contribution in [3.05, 3.63) is 62.7 Å². The third-order valence-corrected chi connectivity index (χ3v) is 3.44. The Morgan fingerprint density at radius 3 is 2.61 bits per heavy atom. The molecule has 6 nitrogen and oxygen atoms in total. The average Bonchev–Trinajstić information content (AvgIpc) is 2.48. The van der Waals surface area contributed by atoms with Crippen LogP contribution in [0.15, 0.2) is 36.4 Å². The number of carbonyl (C=O) groups excluding carboxylic acids is 1. The maximum Gasteiger partial charge on any atom is 0.271 e. The molecule has 0 heterocycles. The first kappa shape index (κ1) is 16.8. The van der Waals surface area contributed by atoms with Crippen molar-refractivity contribution in [2.45, 2.75) is 13.8 Å². The number of aryl methyl sites for hydroxylation is 2. The number of halogens is 1. The quantitative estimate of drug-likeness (QED) is 0.664. The minimum atomic E-state index is -0.511. The molecule has 0 spiro atoms. The molecule has 1 amide bonds. The lowest BCUT2D eigenvalue weighted by atomic mass is 10.2. The molecule has 2 aromatic carbocycles. The summed E-state index contributed by atoms with van der Waals surface area (Å²) in [4.78, 5) is 22.2. The summed E-state index contributed by atoms with van der Waals surface area (Å²) >= 11 is 5.85. The highest BCUT2D eigenvalue weighted by molar-refractivity contribution is 6.30. The molecule has 2 aromatic rings. The Balaban J connectivity index is 2.02. The molecule has 0 atom stereocenters. The van der Waals surface area contributed by atoms with Crippen molar-refractivity contribution in [3.8, 4) is 5.75 Å². The van der Waals surface area contributed by atoms with E-state index in [0.717, 1.165) is 11.1 Å². The van der Waals surface area contributed by atoms with Crippen molar-refractivity contribution in [1.82, 2.24) is 0 Å². The van der Waals surface area contributed by atoms with Gasteiger partial charge in [-0.3, -0.25) is 14.9 Å². The zero-order valence-corrected chi connectivity index (χ0v) is 13.4. The first-order valence-electron chi connectivity index (χ1n) is 6.80. The third-order valence-electron chi connectivity index (χ3n) is 3.20. The van der Waals surface area contributed by atoms with E-state index in [9.17, 15) is 14.9 Å². The van der Waals surface area contributed by atoms with Gasteiger partial charge in [0.05, 0.1) is 10.6 Å². The van der Waals surface area contributed by atoms with Crippen LogP contribution in [0.4, 0.5) is 11.4 Å². The van der Waals surface area contributed by atoms with E-state index < -0.39 is 10.8 Å². The van der Waals surface area contributed by atoms with Crippen molar-refractivity contribution in [2.75, 3.05) is 11.9 Å². The molecular formula is C16H15ClN2O4. The van der Waals surface area contributed by atoms with Crippen molar-refractivity contribution < 1.29 is 14.5 Å². The van der Waals surface area contributed by atoms with E-state index in [1.54, 1.807) is 31.2 Å². The number of ether oxygens (including phenoxy) is 1. The number of anilines is 1. The molecule has 0 saturated carbocycles. The van der Waals surface area contributed by atoms with Gasteiger partial charge in [-0.15, -0.1) is 0 Å². The Morgan fingerprint density at radius 1 is 1.22 bits per heavy atom. The van der Waals surface area contributed by atoms with Crippen LogP contribution in [0.5, 0.6) is 5.75 Å². The number of amides is 1. The second-order valence-corrected chi connectivity index (χ2v) is 5.44. The molecule has 0 aliphatic rings. The summed E-state index contributed by atoms with van der Waals surface area (Å²) in [6, 6.07) is 9.38. The maximum absolute atomic E-state index is 12.0. The molecule has 0 radical (unpaired) electrons. The van der Waals surface area contributed by atoms with Crippen LogP contribution in [0.3, 0.4) is 0 Å². The van der Waals surface area contributed by atoms with Gasteiger partial charge in [0.25, 0.3) is 11.6 Å². The van der Waals surface area contributed by atoms with Crippen LogP contribution in [0.2, 0.25) is 5.02 Å². The van der Waals surface area contributed by atoms with Crippen molar-refractivity contribution in [3.63, 3.8) is 0 Å². The van der Waals surface area contributed by atoms with Gasteiger partial charge >= 0.3 is 0 Å². The summed E-state index contributed by atoms with van der Waals surface area (Å²) < 4.78 is 5.44. The number of nitro benzene ring substituents is 1. The van der Waals surface area contributed by atoms with E-state index in [4.69, 9.17) is 16.3 Å². The van der Waals surface area contributed by atoms with E-state index in [-0.39, 0.29) is 12.3 Å². The van der Waals surface area contributed by atoms with Gasteiger partial charge in [0.15, 0.2) is 6.61 Å². The summed E-state index contributed by atoms with van der Waals surface area (Å²) in [6.07, 6.45) is 0. The predicted octanol–water partition coefficient (Wildman–Crippen LogP) is 3.88. The van der Waals surface area contributed by atoms with E-state index in [0.29, 0.717) is 16.5 Å². The van der Waals surface area contributed by atoms with Crippen LogP contribution in [-0.4, -0.2) is 17.4 Å². The summed E-state index contributed by atoms with van der Waals surface area (Å²) in [7, 11) is 0. The van der Waals surface area contributed by atoms with E-state index in [1.807, 2.05) is 6.92 Å². The van der Waals surface area contributed by atoms with Gasteiger partial charge in [0.2, 0.25) is 0 Å². The molecule has 0 unspecified atom stereocenters. The Labute approximate surface area is 138 Å². The van der Waals surface area contributed by atoms with Crippen molar-refractivity contribution >= 4 is 28.9 Å². The van der Waals surface area contributed by atoms with Crippen LogP contribution in [0.25, 0.3) is 0 Å². The van der Waals surface area contributed by atoms with Crippen molar-refractivity contribution in [2.24, 2.45) is 0 Å². The van der Waals surface area contributed by atoms with Crippen LogP contribution in [-0.2, 0) is 4.79 Å². The lowest BCUT2D eigenvalue weighted by Crippen LogP contribution is -2.21. The number of benzene rings is 2. The standard InChI is InChI=1S/C16H15ClN2O4/c1-10-3-5-13(19(21)22)8-14(10)18-16(20)9-23-15-6-4-12(17)7-11(15)2/h3-8H,9H2,1-2H3,(H,18,20). The van der Waals surface area contributed by atoms with Gasteiger partial charge in [-0.2, -0.15) is 0 Å². The highest BCUT2D eigenvalue weighted by Gasteiger charge is 2.12. The molecule has 0 fully saturated rings. The van der Waals surface area contributed by atoms with Gasteiger partial charge in [0, 0.05) is 17.2 Å². The van der Waals surface area contributed by atoms with Gasteiger partial charge < -0.3 is 10.1 Å². The number of nitrogens with one attached hydrogen (secondary N) is 1. The summed E-state index contributed by atoms with van der Waals surface area (Å²) in [5, 5.41) is 14.0. The molecular weight excluding hydrogens is 320 g/mol. The molecule has 0 saturated heterocycles. The molecule has 0 aliphatic carbocycles. The number of rotatable bonds is 5. The number of hydrogen-bond acceptors (Lipinski definition) is 4. The van der Waals surface area contributed by atoms with Crippen LogP contribution in [0, 0.1) is 24.0 Å². The molecule has 0 bridgehead atoms. The Hall–Kier alpha value is -2.60. The van der Waals surface area contributed by atoms with Crippen LogP contribution >= 0.6 is 11.6 Å². The van der Waals surface area contributed by atoms with E-state index in [1.165, 1.54) is 12.1 Å². The Morgan fingerprint density at radius 2 is 1.96 bits per heavy atom. The minimum Gasteiger partial charge on any atom is -0.483 e. The first-order chi connectivity index (χ1) is 10.9. The zero-order chi connectivity index (χ0) is 17.0. The van der Waals surface area contributed by atoms with Crippen molar-refractivity contribution in [1.29, 1.82) is 0 Å². The third kappa shape index (κ3) is 4.43. The predicted molar refractivity (Wildman–Crippen MR) is 88.1 cm³/mol. The van der Waals surface area contributed by atoms with Gasteiger partial charge in [0.1, 0.15) is 5.75 Å². The van der Waals surface area contributed by atoms with Crippen LogP contribution in [0.1, 0.15) is 11.1 Å². The molecule has 120 valence electrons. The maximum atomic E-state index is 12.0. The Kier molecular flexibility index (Phi) is 5.18. The molecule has 0 aromatic heterocycles. The molecule has 7 heteroatoms. The largest absolute Gasteiger partial charge is 0.483 e. The summed E-state index contributed by atoms with van der Waals surface area (Å²) in [6.45, 7) is 3.37. The van der Waals surface area contributed by atoms with Crippen LogP contribution < -0.4 is 10.1 Å². The van der Waals surface area contributed by atoms with E-state index >= 15 is 0 Å². The smallest absolute Gasteiger partial charge is 0.271 e. The molecule has 2 rings (SSSR count). The number of non-ortho nitro benzene ring substituents is 1. The van der Waals surface area contributed by atoms with Gasteiger partial charge in [-0.25, -0.2) is 0 Å². The highest BCUT2D eigenvalue weighted by atomic mass is 35.5. The van der Waals surface area contributed by atoms with E-state index in [2.05, 4.69) is 5.32 Å². The Bertz CT molecular complexity index is 762. The minimum absolute atomic E-state index is 0.0830. The van der Waals surface area contributed by atoms with Gasteiger partial charge in [-0.1, -0.05) is 17.7 Å². The molecule has 23 heavy (non-hydrogen) atoms. The fourth-order valence-electron chi connectivity index (χ4n) is 1.96. The molecule has 1 N–H and O–H groups in total. The monoisotopic (exact) mass is 334 g/mol. The normalized spacial score (nSPS) is 10.2. The average molecular weight is 335 g/mol. The zero-order valence-electron chi connectivity index (χ0n) is 12.6. The lowest BCUT2D eigenvalue weighted by Gasteiger charge is -2.11. The lowest BCUT2D eigenvalue weighted by molar-refractivity contribution is -0.384. The fraction of sp³-hybridized carbons (Fsp3) is 0.188. The first-order valence-corrected chi connectivity index (χ1v) is 7.18. The summed E-state index contributed by atoms with van der Waals surface area (Å²) in [5.41, 5.74) is 1.85. The second kappa shape index (κ2) is 7.11. The topological polar surface area (TPSA) is 81.5 Å².